The summed E-state index contributed by atoms with van der Waals surface area (Å²) in [7, 11) is -3.74. The maximum Gasteiger partial charge on any atom is 0.242 e. The molecule has 0 radical (unpaired) electrons. The third-order valence-electron chi connectivity index (χ3n) is 3.97. The topological polar surface area (TPSA) is 85.1 Å². The van der Waals surface area contributed by atoms with Gasteiger partial charge in [0.25, 0.3) is 0 Å². The van der Waals surface area contributed by atoms with Crippen LogP contribution in [0.1, 0.15) is 32.1 Å². The highest BCUT2D eigenvalue weighted by Gasteiger charge is 2.32. The summed E-state index contributed by atoms with van der Waals surface area (Å²) >= 11 is 0. The van der Waals surface area contributed by atoms with Gasteiger partial charge in [-0.2, -0.15) is 0 Å². The minimum Gasteiger partial charge on any atom is -0.330 e. The molecule has 0 amide bonds. The molecule has 7 heteroatoms. The summed E-state index contributed by atoms with van der Waals surface area (Å²) in [6, 6.07) is 0.964. The van der Waals surface area contributed by atoms with Gasteiger partial charge in [0.05, 0.1) is 6.20 Å². The van der Waals surface area contributed by atoms with Crippen molar-refractivity contribution in [3.05, 3.63) is 24.3 Å². The molecule has 1 aliphatic rings. The van der Waals surface area contributed by atoms with E-state index in [0.29, 0.717) is 13.1 Å². The minimum atomic E-state index is -3.74. The lowest BCUT2D eigenvalue weighted by Crippen LogP contribution is -2.43. The molecule has 1 aromatic rings. The molecule has 0 unspecified atom stereocenters. The molecule has 0 atom stereocenters. The van der Waals surface area contributed by atoms with E-state index in [1.165, 1.54) is 6.42 Å². The molecule has 1 saturated carbocycles. The summed E-state index contributed by atoms with van der Waals surface area (Å²) in [5.41, 5.74) is 5.65. The van der Waals surface area contributed by atoms with Crippen LogP contribution in [0.4, 0.5) is 4.39 Å². The van der Waals surface area contributed by atoms with Gasteiger partial charge in [0, 0.05) is 12.7 Å². The van der Waals surface area contributed by atoms with Crippen LogP contribution in [0.15, 0.2) is 23.4 Å². The van der Waals surface area contributed by atoms with Gasteiger partial charge in [-0.25, -0.2) is 17.5 Å². The summed E-state index contributed by atoms with van der Waals surface area (Å²) in [5, 5.41) is 0. The lowest BCUT2D eigenvalue weighted by atomic mass is 9.74. The molecule has 1 heterocycles. The van der Waals surface area contributed by atoms with E-state index in [4.69, 9.17) is 5.73 Å². The van der Waals surface area contributed by atoms with E-state index in [1.54, 1.807) is 0 Å². The Hall–Kier alpha value is -1.05. The van der Waals surface area contributed by atoms with Gasteiger partial charge in [-0.3, -0.25) is 4.98 Å². The number of hydrogen-bond acceptors (Lipinski definition) is 4. The third-order valence-corrected chi connectivity index (χ3v) is 5.34. The average molecular weight is 301 g/mol. The summed E-state index contributed by atoms with van der Waals surface area (Å²) in [6.07, 6.45) is 7.27. The fourth-order valence-corrected chi connectivity index (χ4v) is 3.76. The first-order valence-corrected chi connectivity index (χ1v) is 8.26. The number of nitrogens with zero attached hydrogens (tertiary/aromatic N) is 1. The molecule has 1 fully saturated rings. The number of halogens is 1. The van der Waals surface area contributed by atoms with E-state index in [2.05, 4.69) is 9.71 Å². The normalized spacial score (nSPS) is 18.9. The van der Waals surface area contributed by atoms with Crippen LogP contribution in [-0.4, -0.2) is 26.5 Å². The van der Waals surface area contributed by atoms with Gasteiger partial charge in [-0.15, -0.1) is 0 Å². The second kappa shape index (κ2) is 6.15. The van der Waals surface area contributed by atoms with Crippen molar-refractivity contribution >= 4 is 10.0 Å². The van der Waals surface area contributed by atoms with Crippen LogP contribution in [0.25, 0.3) is 0 Å². The van der Waals surface area contributed by atoms with E-state index in [0.717, 1.165) is 44.1 Å². The van der Waals surface area contributed by atoms with E-state index >= 15 is 0 Å². The summed E-state index contributed by atoms with van der Waals surface area (Å²) in [5.74, 6) is -0.668. The van der Waals surface area contributed by atoms with Crippen LogP contribution in [-0.2, 0) is 10.0 Å². The zero-order valence-corrected chi connectivity index (χ0v) is 12.1. The van der Waals surface area contributed by atoms with E-state index in [-0.39, 0.29) is 10.3 Å². The fraction of sp³-hybridized carbons (Fsp3) is 0.615. The highest BCUT2D eigenvalue weighted by Crippen LogP contribution is 2.34. The van der Waals surface area contributed by atoms with Crippen molar-refractivity contribution in [1.29, 1.82) is 0 Å². The van der Waals surface area contributed by atoms with Crippen LogP contribution >= 0.6 is 0 Å². The predicted octanol–water partition coefficient (Wildman–Crippen LogP) is 1.41. The third kappa shape index (κ3) is 3.53. The van der Waals surface area contributed by atoms with Gasteiger partial charge >= 0.3 is 0 Å². The van der Waals surface area contributed by atoms with Crippen molar-refractivity contribution in [2.24, 2.45) is 11.1 Å². The van der Waals surface area contributed by atoms with Crippen molar-refractivity contribution in [1.82, 2.24) is 9.71 Å². The van der Waals surface area contributed by atoms with Crippen molar-refractivity contribution in [2.45, 2.75) is 37.0 Å². The lowest BCUT2D eigenvalue weighted by Gasteiger charge is -2.36. The summed E-state index contributed by atoms with van der Waals surface area (Å²) < 4.78 is 39.9. The number of rotatable bonds is 5. The van der Waals surface area contributed by atoms with Gasteiger partial charge in [0.1, 0.15) is 10.7 Å². The first-order chi connectivity index (χ1) is 9.47. The minimum absolute atomic E-state index is 0.152. The monoisotopic (exact) mass is 301 g/mol. The summed E-state index contributed by atoms with van der Waals surface area (Å²) in [6.45, 7) is 0.749. The Morgan fingerprint density at radius 1 is 1.30 bits per heavy atom. The Labute approximate surface area is 118 Å². The zero-order valence-electron chi connectivity index (χ0n) is 11.3. The molecule has 0 bridgehead atoms. The predicted molar refractivity (Wildman–Crippen MR) is 74.0 cm³/mol. The highest BCUT2D eigenvalue weighted by molar-refractivity contribution is 7.89. The Bertz CT molecular complexity index is 556. The summed E-state index contributed by atoms with van der Waals surface area (Å²) in [4.78, 5) is 3.41. The molecule has 2 rings (SSSR count). The number of hydrogen-bond donors (Lipinski definition) is 2. The molecular weight excluding hydrogens is 281 g/mol. The maximum atomic E-state index is 13.1. The van der Waals surface area contributed by atoms with Crippen molar-refractivity contribution < 1.29 is 12.8 Å². The van der Waals surface area contributed by atoms with Crippen LogP contribution in [0.2, 0.25) is 0 Å². The van der Waals surface area contributed by atoms with Crippen LogP contribution in [0, 0.1) is 11.2 Å². The molecule has 0 aliphatic heterocycles. The second-order valence-corrected chi connectivity index (χ2v) is 7.20. The molecule has 0 saturated heterocycles. The molecular formula is C13H20FN3O2S. The number of sulfonamides is 1. The lowest BCUT2D eigenvalue weighted by molar-refractivity contribution is 0.202. The second-order valence-electron chi connectivity index (χ2n) is 5.43. The van der Waals surface area contributed by atoms with Gasteiger partial charge in [-0.05, 0) is 30.9 Å². The van der Waals surface area contributed by atoms with Crippen molar-refractivity contribution in [2.75, 3.05) is 13.1 Å². The van der Waals surface area contributed by atoms with Gasteiger partial charge in [-0.1, -0.05) is 19.3 Å². The molecule has 3 N–H and O–H groups in total. The Balaban J connectivity index is 2.08. The molecule has 5 nitrogen and oxygen atoms in total. The first-order valence-electron chi connectivity index (χ1n) is 6.78. The quantitative estimate of drug-likeness (QED) is 0.861. The van der Waals surface area contributed by atoms with E-state index < -0.39 is 15.8 Å². The fourth-order valence-electron chi connectivity index (χ4n) is 2.63. The first kappa shape index (κ1) is 15.3. The average Bonchev–Trinajstić information content (AvgIpc) is 2.46. The molecule has 112 valence electrons. The zero-order chi connectivity index (χ0) is 14.6. The SMILES string of the molecule is NCC1(CNS(=O)(=O)c2cncc(F)c2)CCCCC1. The number of aromatic nitrogens is 1. The van der Waals surface area contributed by atoms with Crippen LogP contribution < -0.4 is 10.5 Å². The Kier molecular flexibility index (Phi) is 4.72. The van der Waals surface area contributed by atoms with E-state index in [9.17, 15) is 12.8 Å². The van der Waals surface area contributed by atoms with Gasteiger partial charge in [0.15, 0.2) is 0 Å². The molecule has 1 aromatic heterocycles. The standard InChI is InChI=1S/C13H20FN3O2S/c14-11-6-12(8-16-7-11)20(18,19)17-10-13(9-15)4-2-1-3-5-13/h6-8,17H,1-5,9-10,15H2. The number of nitrogens with one attached hydrogen (secondary N) is 1. The molecule has 0 aromatic carbocycles. The van der Waals surface area contributed by atoms with Crippen molar-refractivity contribution in [3.63, 3.8) is 0 Å². The van der Waals surface area contributed by atoms with Crippen LogP contribution in [0.3, 0.4) is 0 Å². The Morgan fingerprint density at radius 3 is 2.60 bits per heavy atom. The van der Waals surface area contributed by atoms with Gasteiger partial charge in [0.2, 0.25) is 10.0 Å². The Morgan fingerprint density at radius 2 is 2.00 bits per heavy atom. The van der Waals surface area contributed by atoms with Gasteiger partial charge < -0.3 is 5.73 Å². The number of pyridine rings is 1. The van der Waals surface area contributed by atoms with E-state index in [1.807, 2.05) is 0 Å². The highest BCUT2D eigenvalue weighted by atomic mass is 32.2. The molecule has 0 spiro atoms. The largest absolute Gasteiger partial charge is 0.330 e. The van der Waals surface area contributed by atoms with Crippen molar-refractivity contribution in [3.8, 4) is 0 Å². The molecule has 20 heavy (non-hydrogen) atoms. The van der Waals surface area contributed by atoms with Crippen LogP contribution in [0.5, 0.6) is 0 Å². The smallest absolute Gasteiger partial charge is 0.242 e. The number of nitrogens with two attached hydrogens (primary N) is 1. The maximum absolute atomic E-state index is 13.1. The molecule has 1 aliphatic carbocycles.